The molecule has 2 heterocycles. The molecule has 1 aromatic rings. The highest BCUT2D eigenvalue weighted by atomic mass is 32.1. The fraction of sp³-hybridized carbons (Fsp3) is 0.750. The predicted molar refractivity (Wildman–Crippen MR) is 84.9 cm³/mol. The molecule has 0 amide bonds. The number of rotatable bonds is 2. The van der Waals surface area contributed by atoms with E-state index < -0.39 is 0 Å². The lowest BCUT2D eigenvalue weighted by molar-refractivity contribution is 0.0640. The molecule has 0 aliphatic carbocycles. The van der Waals surface area contributed by atoms with E-state index in [-0.39, 0.29) is 0 Å². The van der Waals surface area contributed by atoms with Crippen molar-refractivity contribution >= 4 is 11.3 Å². The van der Waals surface area contributed by atoms with Gasteiger partial charge in [-0.2, -0.15) is 0 Å². The maximum Gasteiger partial charge on any atom is 0.0417 e. The molecule has 0 aromatic carbocycles. The van der Waals surface area contributed by atoms with Crippen molar-refractivity contribution in [3.63, 3.8) is 0 Å². The predicted octanol–water partition coefficient (Wildman–Crippen LogP) is 3.83. The second-order valence-corrected chi connectivity index (χ2v) is 8.32. The van der Waals surface area contributed by atoms with Crippen molar-refractivity contribution in [3.8, 4) is 0 Å². The van der Waals surface area contributed by atoms with Crippen LogP contribution >= 0.6 is 11.3 Å². The van der Waals surface area contributed by atoms with E-state index >= 15 is 0 Å². The molecule has 1 aliphatic rings. The third-order valence-electron chi connectivity index (χ3n) is 4.33. The first kappa shape index (κ1) is 15.0. The van der Waals surface area contributed by atoms with E-state index in [1.165, 1.54) is 9.75 Å². The maximum absolute atomic E-state index is 3.71. The Labute approximate surface area is 122 Å². The van der Waals surface area contributed by atoms with E-state index in [4.69, 9.17) is 0 Å². The van der Waals surface area contributed by atoms with Gasteiger partial charge in [0, 0.05) is 41.0 Å². The Morgan fingerprint density at radius 2 is 2.05 bits per heavy atom. The number of hydrogen-bond acceptors (Lipinski definition) is 3. The number of hydrogen-bond donors (Lipinski definition) is 1. The van der Waals surface area contributed by atoms with E-state index in [9.17, 15) is 0 Å². The van der Waals surface area contributed by atoms with Crippen LogP contribution in [-0.2, 0) is 0 Å². The van der Waals surface area contributed by atoms with Crippen molar-refractivity contribution in [1.82, 2.24) is 10.2 Å². The topological polar surface area (TPSA) is 15.3 Å². The first-order valence-corrected chi connectivity index (χ1v) is 8.16. The summed E-state index contributed by atoms with van der Waals surface area (Å²) >= 11 is 1.94. The van der Waals surface area contributed by atoms with Crippen LogP contribution in [0.4, 0.5) is 0 Å². The second kappa shape index (κ2) is 5.55. The van der Waals surface area contributed by atoms with E-state index in [0.717, 1.165) is 13.1 Å². The Kier molecular flexibility index (Phi) is 4.38. The van der Waals surface area contributed by atoms with Crippen LogP contribution in [0.25, 0.3) is 0 Å². The fourth-order valence-electron chi connectivity index (χ4n) is 2.85. The van der Waals surface area contributed by atoms with Crippen LogP contribution < -0.4 is 5.32 Å². The van der Waals surface area contributed by atoms with Gasteiger partial charge in [-0.1, -0.05) is 20.8 Å². The molecule has 0 spiro atoms. The summed E-state index contributed by atoms with van der Waals surface area (Å²) < 4.78 is 0. The molecule has 0 bridgehead atoms. The summed E-state index contributed by atoms with van der Waals surface area (Å²) in [5, 5.41) is 3.71. The summed E-state index contributed by atoms with van der Waals surface area (Å²) in [6, 6.07) is 6.25. The molecule has 108 valence electrons. The standard InChI is InChI=1S/C16H28N2S/c1-11-9-17-15(16(4,5)6)10-18(11)13(3)14-8-7-12(2)19-14/h7-8,11,13,15,17H,9-10H2,1-6H3. The zero-order chi connectivity index (χ0) is 14.2. The molecule has 1 aromatic heterocycles. The van der Waals surface area contributed by atoms with Crippen LogP contribution in [-0.4, -0.2) is 30.1 Å². The summed E-state index contributed by atoms with van der Waals surface area (Å²) in [6.45, 7) is 16.1. The van der Waals surface area contributed by atoms with Crippen LogP contribution in [0, 0.1) is 12.3 Å². The Hall–Kier alpha value is -0.380. The molecule has 2 rings (SSSR count). The van der Waals surface area contributed by atoms with Gasteiger partial charge in [0.2, 0.25) is 0 Å². The molecular weight excluding hydrogens is 252 g/mol. The molecule has 0 saturated carbocycles. The van der Waals surface area contributed by atoms with Crippen LogP contribution in [0.1, 0.15) is 50.4 Å². The number of piperazine rings is 1. The number of thiophene rings is 1. The Bertz CT molecular complexity index is 419. The van der Waals surface area contributed by atoms with Gasteiger partial charge in [-0.25, -0.2) is 0 Å². The lowest BCUT2D eigenvalue weighted by atomic mass is 9.84. The summed E-state index contributed by atoms with van der Waals surface area (Å²) in [4.78, 5) is 5.58. The Balaban J connectivity index is 2.13. The van der Waals surface area contributed by atoms with Gasteiger partial charge in [-0.15, -0.1) is 11.3 Å². The minimum Gasteiger partial charge on any atom is -0.311 e. The monoisotopic (exact) mass is 280 g/mol. The highest BCUT2D eigenvalue weighted by Gasteiger charge is 2.34. The zero-order valence-corrected chi connectivity index (χ0v) is 14.0. The summed E-state index contributed by atoms with van der Waals surface area (Å²) in [5.74, 6) is 0. The molecule has 2 nitrogen and oxygen atoms in total. The average molecular weight is 280 g/mol. The molecule has 3 atom stereocenters. The molecule has 1 fully saturated rings. The minimum absolute atomic E-state index is 0.323. The van der Waals surface area contributed by atoms with Crippen molar-refractivity contribution in [2.75, 3.05) is 13.1 Å². The van der Waals surface area contributed by atoms with Crippen LogP contribution in [0.15, 0.2) is 12.1 Å². The van der Waals surface area contributed by atoms with Crippen LogP contribution in [0.3, 0.4) is 0 Å². The van der Waals surface area contributed by atoms with Gasteiger partial charge >= 0.3 is 0 Å². The van der Waals surface area contributed by atoms with E-state index in [2.05, 4.69) is 63.9 Å². The quantitative estimate of drug-likeness (QED) is 0.886. The van der Waals surface area contributed by atoms with Crippen molar-refractivity contribution < 1.29 is 0 Å². The normalized spacial score (nSPS) is 27.5. The Morgan fingerprint density at radius 3 is 2.58 bits per heavy atom. The molecule has 19 heavy (non-hydrogen) atoms. The SMILES string of the molecule is Cc1ccc(C(C)N2CC(C(C)(C)C)NCC2C)s1. The maximum atomic E-state index is 3.71. The van der Waals surface area contributed by atoms with Gasteiger partial charge in [0.25, 0.3) is 0 Å². The minimum atomic E-state index is 0.323. The molecule has 1 aliphatic heterocycles. The van der Waals surface area contributed by atoms with E-state index in [1.807, 2.05) is 11.3 Å². The van der Waals surface area contributed by atoms with Gasteiger partial charge in [0.15, 0.2) is 0 Å². The molecule has 3 unspecified atom stereocenters. The Morgan fingerprint density at radius 1 is 1.37 bits per heavy atom. The van der Waals surface area contributed by atoms with Gasteiger partial charge in [-0.05, 0) is 38.3 Å². The van der Waals surface area contributed by atoms with E-state index in [1.54, 1.807) is 0 Å². The third-order valence-corrected chi connectivity index (χ3v) is 5.51. The van der Waals surface area contributed by atoms with E-state index in [0.29, 0.717) is 23.5 Å². The molecular formula is C16H28N2S. The van der Waals surface area contributed by atoms with Crippen molar-refractivity contribution in [2.45, 2.75) is 59.7 Å². The summed E-state index contributed by atoms with van der Waals surface area (Å²) in [7, 11) is 0. The summed E-state index contributed by atoms with van der Waals surface area (Å²) in [6.07, 6.45) is 0. The lowest BCUT2D eigenvalue weighted by Gasteiger charge is -2.46. The first-order chi connectivity index (χ1) is 8.79. The third kappa shape index (κ3) is 3.39. The number of nitrogens with zero attached hydrogens (tertiary/aromatic N) is 1. The average Bonchev–Trinajstić information content (AvgIpc) is 2.74. The molecule has 1 N–H and O–H groups in total. The van der Waals surface area contributed by atoms with Gasteiger partial charge in [-0.3, -0.25) is 4.90 Å². The van der Waals surface area contributed by atoms with Crippen LogP contribution in [0.5, 0.6) is 0 Å². The van der Waals surface area contributed by atoms with Crippen molar-refractivity contribution in [3.05, 3.63) is 21.9 Å². The smallest absolute Gasteiger partial charge is 0.0417 e. The number of aryl methyl sites for hydroxylation is 1. The highest BCUT2D eigenvalue weighted by Crippen LogP contribution is 2.32. The molecule has 3 heteroatoms. The first-order valence-electron chi connectivity index (χ1n) is 7.34. The van der Waals surface area contributed by atoms with Gasteiger partial charge in [0.1, 0.15) is 0 Å². The fourth-order valence-corrected chi connectivity index (χ4v) is 3.80. The molecule has 1 saturated heterocycles. The summed E-state index contributed by atoms with van der Waals surface area (Å²) in [5.41, 5.74) is 0.323. The molecule has 0 radical (unpaired) electrons. The second-order valence-electron chi connectivity index (χ2n) is 7.00. The highest BCUT2D eigenvalue weighted by molar-refractivity contribution is 7.12. The van der Waals surface area contributed by atoms with Crippen molar-refractivity contribution in [1.29, 1.82) is 0 Å². The van der Waals surface area contributed by atoms with Crippen molar-refractivity contribution in [2.24, 2.45) is 5.41 Å². The largest absolute Gasteiger partial charge is 0.311 e. The van der Waals surface area contributed by atoms with Crippen LogP contribution in [0.2, 0.25) is 0 Å². The zero-order valence-electron chi connectivity index (χ0n) is 13.2. The lowest BCUT2D eigenvalue weighted by Crippen LogP contribution is -2.59. The van der Waals surface area contributed by atoms with Gasteiger partial charge < -0.3 is 5.32 Å². The van der Waals surface area contributed by atoms with Gasteiger partial charge in [0.05, 0.1) is 0 Å². The number of nitrogens with one attached hydrogen (secondary N) is 1.